The molecule has 27 heavy (non-hydrogen) atoms. The molecule has 0 aromatic carbocycles. The molecule has 0 radical (unpaired) electrons. The largest absolute Gasteiger partial charge is 0.344 e. The lowest BCUT2D eigenvalue weighted by Crippen LogP contribution is -2.39. The lowest BCUT2D eigenvalue weighted by atomic mass is 10.2. The van der Waals surface area contributed by atoms with E-state index in [-0.39, 0.29) is 18.4 Å². The van der Waals surface area contributed by atoms with Crippen LogP contribution in [0.2, 0.25) is 0 Å². The lowest BCUT2D eigenvalue weighted by molar-refractivity contribution is -0.128. The molecule has 0 aliphatic carbocycles. The minimum atomic E-state index is -0.266. The zero-order chi connectivity index (χ0) is 19.2. The SMILES string of the molecule is Cc1nc(-c2ccsc2)sc1C(=O)NCC(=O)N(C)CCc1ccccn1. The monoisotopic (exact) mass is 400 g/mol. The number of carbonyl (C=O) groups is 2. The Hall–Kier alpha value is -2.58. The van der Waals surface area contributed by atoms with Gasteiger partial charge in [-0.3, -0.25) is 14.6 Å². The normalized spacial score (nSPS) is 10.6. The van der Waals surface area contributed by atoms with Gasteiger partial charge in [-0.25, -0.2) is 4.98 Å². The number of nitrogens with one attached hydrogen (secondary N) is 1. The van der Waals surface area contributed by atoms with Crippen molar-refractivity contribution in [1.82, 2.24) is 20.2 Å². The molecule has 1 N–H and O–H groups in total. The smallest absolute Gasteiger partial charge is 0.263 e. The number of nitrogens with zero attached hydrogens (tertiary/aromatic N) is 3. The van der Waals surface area contributed by atoms with Gasteiger partial charge in [-0.2, -0.15) is 11.3 Å². The maximum absolute atomic E-state index is 12.4. The molecule has 0 unspecified atom stereocenters. The van der Waals surface area contributed by atoms with Crippen LogP contribution in [0.1, 0.15) is 21.1 Å². The van der Waals surface area contributed by atoms with Crippen LogP contribution >= 0.6 is 22.7 Å². The number of carbonyl (C=O) groups excluding carboxylic acids is 2. The Morgan fingerprint density at radius 3 is 2.81 bits per heavy atom. The molecule has 140 valence electrons. The number of pyridine rings is 1. The fourth-order valence-corrected chi connectivity index (χ4v) is 4.13. The first-order chi connectivity index (χ1) is 13.0. The van der Waals surface area contributed by atoms with E-state index in [0.717, 1.165) is 16.3 Å². The maximum Gasteiger partial charge on any atom is 0.263 e. The summed E-state index contributed by atoms with van der Waals surface area (Å²) in [6.07, 6.45) is 2.41. The van der Waals surface area contributed by atoms with Crippen LogP contribution in [0.4, 0.5) is 0 Å². The predicted molar refractivity (Wildman–Crippen MR) is 108 cm³/mol. The third-order valence-corrected chi connectivity index (χ3v) is 5.91. The second-order valence-electron chi connectivity index (χ2n) is 6.01. The second-order valence-corrected chi connectivity index (χ2v) is 7.79. The summed E-state index contributed by atoms with van der Waals surface area (Å²) in [7, 11) is 1.73. The van der Waals surface area contributed by atoms with Crippen LogP contribution in [0.3, 0.4) is 0 Å². The molecule has 0 saturated carbocycles. The van der Waals surface area contributed by atoms with Crippen molar-refractivity contribution in [3.8, 4) is 10.6 Å². The van der Waals surface area contributed by atoms with Crippen molar-refractivity contribution in [2.45, 2.75) is 13.3 Å². The standard InChI is InChI=1S/C19H20N4O2S2/c1-13-17(27-19(22-13)14-7-10-26-12-14)18(25)21-11-16(24)23(2)9-6-15-5-3-4-8-20-15/h3-5,7-8,10,12H,6,9,11H2,1-2H3,(H,21,25). The van der Waals surface area contributed by atoms with E-state index in [2.05, 4.69) is 15.3 Å². The molecule has 2 amide bonds. The fraction of sp³-hybridized carbons (Fsp3) is 0.263. The summed E-state index contributed by atoms with van der Waals surface area (Å²) in [4.78, 5) is 35.5. The summed E-state index contributed by atoms with van der Waals surface area (Å²) in [6.45, 7) is 2.32. The molecule has 0 atom stereocenters. The zero-order valence-electron chi connectivity index (χ0n) is 15.1. The average molecular weight is 401 g/mol. The minimum absolute atomic E-state index is 0.0390. The quantitative estimate of drug-likeness (QED) is 0.662. The van der Waals surface area contributed by atoms with Crippen molar-refractivity contribution in [2.24, 2.45) is 0 Å². The van der Waals surface area contributed by atoms with Crippen molar-refractivity contribution in [3.63, 3.8) is 0 Å². The van der Waals surface area contributed by atoms with E-state index in [1.165, 1.54) is 11.3 Å². The van der Waals surface area contributed by atoms with E-state index < -0.39 is 0 Å². The molecule has 0 spiro atoms. The van der Waals surface area contributed by atoms with Crippen LogP contribution in [0, 0.1) is 6.92 Å². The summed E-state index contributed by atoms with van der Waals surface area (Å²) >= 11 is 2.93. The van der Waals surface area contributed by atoms with E-state index in [0.29, 0.717) is 23.5 Å². The van der Waals surface area contributed by atoms with Crippen LogP contribution in [0.5, 0.6) is 0 Å². The van der Waals surface area contributed by atoms with Gasteiger partial charge in [0.25, 0.3) is 5.91 Å². The van der Waals surface area contributed by atoms with Crippen LogP contribution in [-0.4, -0.2) is 46.8 Å². The molecule has 6 nitrogen and oxygen atoms in total. The van der Waals surface area contributed by atoms with Gasteiger partial charge < -0.3 is 10.2 Å². The van der Waals surface area contributed by atoms with E-state index in [1.54, 1.807) is 29.5 Å². The number of hydrogen-bond donors (Lipinski definition) is 1. The highest BCUT2D eigenvalue weighted by molar-refractivity contribution is 7.17. The molecular formula is C19H20N4O2S2. The molecule has 0 aliphatic rings. The van der Waals surface area contributed by atoms with Crippen molar-refractivity contribution in [3.05, 3.63) is 57.5 Å². The number of amides is 2. The minimum Gasteiger partial charge on any atom is -0.344 e. The summed E-state index contributed by atoms with van der Waals surface area (Å²) in [5, 5.41) is 7.50. The highest BCUT2D eigenvalue weighted by Gasteiger charge is 2.18. The molecule has 0 bridgehead atoms. The van der Waals surface area contributed by atoms with E-state index in [1.807, 2.05) is 41.9 Å². The van der Waals surface area contributed by atoms with E-state index in [9.17, 15) is 9.59 Å². The van der Waals surface area contributed by atoms with Crippen LogP contribution in [-0.2, 0) is 11.2 Å². The highest BCUT2D eigenvalue weighted by Crippen LogP contribution is 2.29. The number of thiazole rings is 1. The first kappa shape index (κ1) is 19.2. The van der Waals surface area contributed by atoms with Gasteiger partial charge in [0.05, 0.1) is 12.2 Å². The van der Waals surface area contributed by atoms with Crippen molar-refractivity contribution in [1.29, 1.82) is 0 Å². The van der Waals surface area contributed by atoms with Crippen molar-refractivity contribution >= 4 is 34.5 Å². The number of thiophene rings is 1. The van der Waals surface area contributed by atoms with E-state index >= 15 is 0 Å². The van der Waals surface area contributed by atoms with Gasteiger partial charge in [0.1, 0.15) is 9.88 Å². The number of hydrogen-bond acceptors (Lipinski definition) is 6. The van der Waals surface area contributed by atoms with Gasteiger partial charge >= 0.3 is 0 Å². The number of rotatable bonds is 7. The zero-order valence-corrected chi connectivity index (χ0v) is 16.8. The Morgan fingerprint density at radius 1 is 1.26 bits per heavy atom. The van der Waals surface area contributed by atoms with E-state index in [4.69, 9.17) is 0 Å². The number of aromatic nitrogens is 2. The average Bonchev–Trinajstić information content (AvgIpc) is 3.34. The Morgan fingerprint density at radius 2 is 2.11 bits per heavy atom. The maximum atomic E-state index is 12.4. The summed E-state index contributed by atoms with van der Waals surface area (Å²) in [5.74, 6) is -0.405. The fourth-order valence-electron chi connectivity index (χ4n) is 2.44. The molecule has 0 fully saturated rings. The van der Waals surface area contributed by atoms with Gasteiger partial charge in [-0.1, -0.05) is 6.07 Å². The molecule has 3 rings (SSSR count). The van der Waals surface area contributed by atoms with Gasteiger partial charge in [-0.15, -0.1) is 11.3 Å². The van der Waals surface area contributed by atoms with Crippen LogP contribution in [0.15, 0.2) is 41.2 Å². The molecule has 0 aliphatic heterocycles. The Bertz CT molecular complexity index is 907. The Labute approximate surface area is 165 Å². The van der Waals surface area contributed by atoms with Crippen LogP contribution in [0.25, 0.3) is 10.6 Å². The predicted octanol–water partition coefficient (Wildman–Crippen LogP) is 3.01. The van der Waals surface area contributed by atoms with Gasteiger partial charge in [0.2, 0.25) is 5.91 Å². The van der Waals surface area contributed by atoms with Crippen LogP contribution < -0.4 is 5.32 Å². The summed E-state index contributed by atoms with van der Waals surface area (Å²) in [5.41, 5.74) is 2.62. The Balaban J connectivity index is 1.52. The molecule has 0 saturated heterocycles. The third-order valence-electron chi connectivity index (χ3n) is 4.03. The number of aryl methyl sites for hydroxylation is 1. The number of likely N-dealkylation sites (N-methyl/N-ethyl adjacent to an activating group) is 1. The molecule has 8 heteroatoms. The second kappa shape index (κ2) is 8.88. The first-order valence-electron chi connectivity index (χ1n) is 8.46. The van der Waals surface area contributed by atoms with Crippen molar-refractivity contribution in [2.75, 3.05) is 20.1 Å². The van der Waals surface area contributed by atoms with Gasteiger partial charge in [0.15, 0.2) is 0 Å². The molecular weight excluding hydrogens is 380 g/mol. The van der Waals surface area contributed by atoms with Crippen molar-refractivity contribution < 1.29 is 9.59 Å². The molecule has 3 aromatic rings. The first-order valence-corrected chi connectivity index (χ1v) is 10.2. The van der Waals surface area contributed by atoms with Gasteiger partial charge in [0, 0.05) is 42.8 Å². The molecule has 3 aromatic heterocycles. The summed E-state index contributed by atoms with van der Waals surface area (Å²) in [6, 6.07) is 7.69. The third kappa shape index (κ3) is 4.99. The topological polar surface area (TPSA) is 75.2 Å². The molecule has 3 heterocycles. The highest BCUT2D eigenvalue weighted by atomic mass is 32.1. The lowest BCUT2D eigenvalue weighted by Gasteiger charge is -2.17. The Kier molecular flexibility index (Phi) is 6.31. The van der Waals surface area contributed by atoms with Gasteiger partial charge in [-0.05, 0) is 30.5 Å². The summed E-state index contributed by atoms with van der Waals surface area (Å²) < 4.78 is 0.